The average Bonchev–Trinajstić information content (AvgIpc) is 2.83. The molecule has 0 unspecified atom stereocenters. The highest BCUT2D eigenvalue weighted by atomic mass is 16.6. The Balaban J connectivity index is 2.23. The van der Waals surface area contributed by atoms with Gasteiger partial charge in [0, 0.05) is 6.07 Å². The van der Waals surface area contributed by atoms with E-state index in [9.17, 15) is 10.1 Å². The lowest BCUT2D eigenvalue weighted by molar-refractivity contribution is -0.603. The van der Waals surface area contributed by atoms with Crippen molar-refractivity contribution in [3.05, 3.63) is 58.9 Å². The number of H-pyrrole nitrogens is 1. The molecule has 6 nitrogen and oxygen atoms in total. The number of rotatable bonds is 2. The Bertz CT molecular complexity index is 721. The number of hydrogen-bond donors (Lipinski definition) is 1. The lowest BCUT2D eigenvalue weighted by Crippen LogP contribution is -2.30. The zero-order chi connectivity index (χ0) is 12.5. The van der Waals surface area contributed by atoms with E-state index in [2.05, 4.69) is 9.97 Å². The molecular weight excluding hydrogens is 232 g/mol. The van der Waals surface area contributed by atoms with Crippen LogP contribution in [0, 0.1) is 10.1 Å². The molecule has 2 aromatic heterocycles. The van der Waals surface area contributed by atoms with Crippen LogP contribution in [0.4, 0.5) is 5.69 Å². The molecule has 0 aliphatic rings. The van der Waals surface area contributed by atoms with Crippen LogP contribution in [0.15, 0.2) is 48.8 Å². The Kier molecular flexibility index (Phi) is 2.26. The van der Waals surface area contributed by atoms with Crippen LogP contribution in [0.3, 0.4) is 0 Å². The van der Waals surface area contributed by atoms with Crippen molar-refractivity contribution in [3.63, 3.8) is 0 Å². The Morgan fingerprint density at radius 1 is 1.17 bits per heavy atom. The summed E-state index contributed by atoms with van der Waals surface area (Å²) < 4.78 is 1.77. The van der Waals surface area contributed by atoms with Crippen LogP contribution >= 0.6 is 0 Å². The van der Waals surface area contributed by atoms with Gasteiger partial charge in [-0.2, -0.15) is 0 Å². The summed E-state index contributed by atoms with van der Waals surface area (Å²) in [5.41, 5.74) is 1.02. The monoisotopic (exact) mass is 241 g/mol. The van der Waals surface area contributed by atoms with Crippen LogP contribution in [-0.4, -0.2) is 14.9 Å². The van der Waals surface area contributed by atoms with Crippen molar-refractivity contribution in [1.29, 1.82) is 0 Å². The van der Waals surface area contributed by atoms with E-state index in [-0.39, 0.29) is 5.69 Å². The molecule has 1 aromatic carbocycles. The van der Waals surface area contributed by atoms with Gasteiger partial charge in [0.25, 0.3) is 5.52 Å². The van der Waals surface area contributed by atoms with Gasteiger partial charge >= 0.3 is 11.6 Å². The van der Waals surface area contributed by atoms with Gasteiger partial charge in [-0.25, -0.2) is 9.55 Å². The second-order valence-corrected chi connectivity index (χ2v) is 3.77. The van der Waals surface area contributed by atoms with Crippen LogP contribution < -0.4 is 4.57 Å². The average molecular weight is 241 g/mol. The van der Waals surface area contributed by atoms with Gasteiger partial charge < -0.3 is 0 Å². The van der Waals surface area contributed by atoms with E-state index >= 15 is 0 Å². The Hall–Kier alpha value is -2.76. The highest BCUT2D eigenvalue weighted by molar-refractivity contribution is 5.84. The molecule has 0 saturated carbocycles. The zero-order valence-corrected chi connectivity index (χ0v) is 9.28. The molecule has 6 heteroatoms. The molecule has 88 valence electrons. The van der Waals surface area contributed by atoms with E-state index < -0.39 is 4.92 Å². The predicted molar refractivity (Wildman–Crippen MR) is 64.3 cm³/mol. The molecule has 0 radical (unpaired) electrons. The molecular formula is C12H9N4O2+. The van der Waals surface area contributed by atoms with Crippen LogP contribution in [0.1, 0.15) is 0 Å². The molecule has 0 bridgehead atoms. The van der Waals surface area contributed by atoms with Gasteiger partial charge in [-0.15, -0.1) is 0 Å². The van der Waals surface area contributed by atoms with Gasteiger partial charge in [-0.1, -0.05) is 17.1 Å². The van der Waals surface area contributed by atoms with E-state index in [0.29, 0.717) is 17.0 Å². The van der Waals surface area contributed by atoms with Crippen LogP contribution in [0.25, 0.3) is 17.0 Å². The van der Waals surface area contributed by atoms with Crippen molar-refractivity contribution in [3.8, 4) is 5.95 Å². The minimum absolute atomic E-state index is 0.00605. The molecule has 0 fully saturated rings. The van der Waals surface area contributed by atoms with Gasteiger partial charge in [0.1, 0.15) is 5.52 Å². The Labute approximate surface area is 102 Å². The number of benzene rings is 1. The Morgan fingerprint density at radius 3 is 2.67 bits per heavy atom. The smallest absolute Gasteiger partial charge is 0.258 e. The molecule has 0 spiro atoms. The van der Waals surface area contributed by atoms with Crippen molar-refractivity contribution in [2.75, 3.05) is 0 Å². The normalized spacial score (nSPS) is 10.7. The molecule has 1 N–H and O–H groups in total. The number of imidazole rings is 1. The van der Waals surface area contributed by atoms with Crippen molar-refractivity contribution in [1.82, 2.24) is 9.97 Å². The number of aromatic amines is 1. The Morgan fingerprint density at radius 2 is 1.94 bits per heavy atom. The van der Waals surface area contributed by atoms with E-state index in [1.807, 2.05) is 30.6 Å². The predicted octanol–water partition coefficient (Wildman–Crippen LogP) is 1.75. The lowest BCUT2D eigenvalue weighted by Gasteiger charge is -1.89. The molecule has 0 aliphatic carbocycles. The number of non-ortho nitro benzene ring substituents is 1. The summed E-state index contributed by atoms with van der Waals surface area (Å²) in [7, 11) is 0. The summed E-state index contributed by atoms with van der Waals surface area (Å²) in [5.74, 6) is 0.555. The molecule has 3 aromatic rings. The summed E-state index contributed by atoms with van der Waals surface area (Å²) >= 11 is 0. The summed E-state index contributed by atoms with van der Waals surface area (Å²) in [4.78, 5) is 17.8. The maximum absolute atomic E-state index is 10.9. The first kappa shape index (κ1) is 10.4. The number of hydrogen-bond acceptors (Lipinski definition) is 3. The number of nitrogens with one attached hydrogen (secondary N) is 1. The fourth-order valence-electron chi connectivity index (χ4n) is 1.81. The summed E-state index contributed by atoms with van der Waals surface area (Å²) in [6, 6.07) is 10.5. The van der Waals surface area contributed by atoms with Crippen molar-refractivity contribution in [2.45, 2.75) is 0 Å². The third-order valence-corrected chi connectivity index (χ3v) is 2.64. The molecule has 18 heavy (non-hydrogen) atoms. The second kappa shape index (κ2) is 3.92. The van der Waals surface area contributed by atoms with Gasteiger partial charge in [-0.3, -0.25) is 10.1 Å². The van der Waals surface area contributed by atoms with Crippen LogP contribution in [0.2, 0.25) is 0 Å². The minimum Gasteiger partial charge on any atom is -0.258 e. The number of para-hydroxylation sites is 1. The van der Waals surface area contributed by atoms with Crippen molar-refractivity contribution in [2.24, 2.45) is 0 Å². The maximum atomic E-state index is 10.9. The van der Waals surface area contributed by atoms with Gasteiger partial charge in [0.15, 0.2) is 0 Å². The number of nitro groups is 1. The summed E-state index contributed by atoms with van der Waals surface area (Å²) in [6.07, 6.45) is 3.65. The standard InChI is InChI=1S/C12H9N4O2/c17-16(18)10-6-4-5-9-11(10)14-12(13-9)15-7-2-1-3-8-15/h1-8H,(H,13,14)/q+1. The molecule has 0 saturated heterocycles. The largest absolute Gasteiger partial charge is 0.402 e. The number of fused-ring (bicyclic) bond motifs is 1. The first-order valence-electron chi connectivity index (χ1n) is 5.35. The van der Waals surface area contributed by atoms with Crippen molar-refractivity contribution >= 4 is 16.7 Å². The third kappa shape index (κ3) is 1.60. The fourth-order valence-corrected chi connectivity index (χ4v) is 1.81. The van der Waals surface area contributed by atoms with Gasteiger partial charge in [-0.05, 0) is 18.2 Å². The first-order chi connectivity index (χ1) is 8.75. The van der Waals surface area contributed by atoms with Gasteiger partial charge in [0.2, 0.25) is 0 Å². The number of pyridine rings is 1. The van der Waals surface area contributed by atoms with Gasteiger partial charge in [0.05, 0.1) is 17.3 Å². The zero-order valence-electron chi connectivity index (χ0n) is 9.28. The van der Waals surface area contributed by atoms with E-state index in [1.54, 1.807) is 16.7 Å². The second-order valence-electron chi connectivity index (χ2n) is 3.77. The molecule has 2 heterocycles. The third-order valence-electron chi connectivity index (χ3n) is 2.64. The molecule has 3 rings (SSSR count). The highest BCUT2D eigenvalue weighted by Crippen LogP contribution is 2.22. The van der Waals surface area contributed by atoms with E-state index in [0.717, 1.165) is 0 Å². The molecule has 0 aliphatic heterocycles. The van der Waals surface area contributed by atoms with Crippen LogP contribution in [-0.2, 0) is 0 Å². The molecule has 0 atom stereocenters. The van der Waals surface area contributed by atoms with E-state index in [1.165, 1.54) is 6.07 Å². The van der Waals surface area contributed by atoms with Crippen molar-refractivity contribution < 1.29 is 9.49 Å². The fraction of sp³-hybridized carbons (Fsp3) is 0. The molecule has 0 amide bonds. The highest BCUT2D eigenvalue weighted by Gasteiger charge is 2.22. The topological polar surface area (TPSA) is 75.7 Å². The minimum atomic E-state index is -0.428. The number of nitro benzene ring substituents is 1. The summed E-state index contributed by atoms with van der Waals surface area (Å²) in [6.45, 7) is 0. The van der Waals surface area contributed by atoms with Crippen LogP contribution in [0.5, 0.6) is 0 Å². The SMILES string of the molecule is O=[N+]([O-])c1cccc2[nH]c(-[n+]3ccccc3)nc12. The quantitative estimate of drug-likeness (QED) is 0.422. The number of aromatic nitrogens is 3. The van der Waals surface area contributed by atoms with E-state index in [4.69, 9.17) is 0 Å². The first-order valence-corrected chi connectivity index (χ1v) is 5.35. The summed E-state index contributed by atoms with van der Waals surface area (Å²) in [5, 5.41) is 10.9. The number of nitrogens with zero attached hydrogens (tertiary/aromatic N) is 3. The maximum Gasteiger partial charge on any atom is 0.402 e. The lowest BCUT2D eigenvalue weighted by atomic mass is 10.3.